The van der Waals surface area contributed by atoms with Crippen LogP contribution in [0.1, 0.15) is 18.1 Å². The van der Waals surface area contributed by atoms with Gasteiger partial charge in [-0.3, -0.25) is 14.5 Å². The third-order valence-corrected chi connectivity index (χ3v) is 4.86. The lowest BCUT2D eigenvalue weighted by Gasteiger charge is -2.22. The molecule has 0 radical (unpaired) electrons. The molecule has 1 aliphatic heterocycles. The fourth-order valence-corrected chi connectivity index (χ4v) is 3.06. The molecule has 6 nitrogen and oxygen atoms in total. The van der Waals surface area contributed by atoms with Crippen LogP contribution >= 0.6 is 15.9 Å². The number of nitrogens with zero attached hydrogens (tertiary/aromatic N) is 1. The summed E-state index contributed by atoms with van der Waals surface area (Å²) in [4.78, 5) is 38.3. The summed E-state index contributed by atoms with van der Waals surface area (Å²) in [7, 11) is 0. The second-order valence-electron chi connectivity index (χ2n) is 6.37. The summed E-state index contributed by atoms with van der Waals surface area (Å²) < 4.78 is 0.887. The zero-order chi connectivity index (χ0) is 18.9. The van der Waals surface area contributed by atoms with Crippen LogP contribution in [-0.2, 0) is 15.1 Å². The van der Waals surface area contributed by atoms with E-state index in [-0.39, 0.29) is 6.54 Å². The van der Waals surface area contributed by atoms with E-state index in [2.05, 4.69) is 26.6 Å². The van der Waals surface area contributed by atoms with Crippen molar-refractivity contribution in [3.05, 3.63) is 64.1 Å². The highest BCUT2D eigenvalue weighted by Crippen LogP contribution is 2.29. The highest BCUT2D eigenvalue weighted by Gasteiger charge is 2.49. The Hall–Kier alpha value is -2.67. The van der Waals surface area contributed by atoms with Crippen LogP contribution in [0.4, 0.5) is 10.5 Å². The minimum absolute atomic E-state index is 0.345. The van der Waals surface area contributed by atoms with E-state index in [9.17, 15) is 14.4 Å². The van der Waals surface area contributed by atoms with Crippen molar-refractivity contribution in [1.29, 1.82) is 0 Å². The maximum absolute atomic E-state index is 12.8. The van der Waals surface area contributed by atoms with Crippen molar-refractivity contribution in [1.82, 2.24) is 10.2 Å². The lowest BCUT2D eigenvalue weighted by atomic mass is 9.91. The number of hydrogen-bond acceptors (Lipinski definition) is 3. The van der Waals surface area contributed by atoms with Crippen molar-refractivity contribution in [3.8, 4) is 0 Å². The first-order valence-corrected chi connectivity index (χ1v) is 8.85. The molecule has 26 heavy (non-hydrogen) atoms. The lowest BCUT2D eigenvalue weighted by molar-refractivity contribution is -0.133. The van der Waals surface area contributed by atoms with E-state index < -0.39 is 23.4 Å². The Kier molecular flexibility index (Phi) is 4.82. The van der Waals surface area contributed by atoms with Crippen LogP contribution in [0.25, 0.3) is 0 Å². The molecule has 2 aromatic carbocycles. The smallest absolute Gasteiger partial charge is 0.325 e. The molecule has 2 N–H and O–H groups in total. The normalized spacial score (nSPS) is 19.4. The second-order valence-corrected chi connectivity index (χ2v) is 7.28. The van der Waals surface area contributed by atoms with Crippen molar-refractivity contribution >= 4 is 39.5 Å². The van der Waals surface area contributed by atoms with Crippen molar-refractivity contribution in [2.45, 2.75) is 19.4 Å². The number of rotatable bonds is 4. The Morgan fingerprint density at radius 2 is 1.73 bits per heavy atom. The van der Waals surface area contributed by atoms with Gasteiger partial charge in [0.05, 0.1) is 0 Å². The van der Waals surface area contributed by atoms with Crippen LogP contribution in [0.5, 0.6) is 0 Å². The average Bonchev–Trinajstić information content (AvgIpc) is 2.82. The number of aryl methyl sites for hydroxylation is 1. The Morgan fingerprint density at radius 3 is 2.35 bits per heavy atom. The molecule has 134 valence electrons. The minimum atomic E-state index is -1.18. The number of carbonyl (C=O) groups is 3. The van der Waals surface area contributed by atoms with Crippen LogP contribution in [0.15, 0.2) is 53.0 Å². The molecule has 1 unspecified atom stereocenters. The van der Waals surface area contributed by atoms with Crippen LogP contribution in [0.3, 0.4) is 0 Å². The number of imide groups is 1. The molecular weight excluding hydrogens is 398 g/mol. The topological polar surface area (TPSA) is 78.5 Å². The summed E-state index contributed by atoms with van der Waals surface area (Å²) in [6.45, 7) is 3.24. The summed E-state index contributed by atoms with van der Waals surface area (Å²) in [6, 6.07) is 13.8. The first-order chi connectivity index (χ1) is 12.3. The zero-order valence-electron chi connectivity index (χ0n) is 14.4. The Morgan fingerprint density at radius 1 is 1.12 bits per heavy atom. The van der Waals surface area contributed by atoms with Crippen molar-refractivity contribution in [3.63, 3.8) is 0 Å². The third-order valence-electron chi connectivity index (χ3n) is 4.33. The van der Waals surface area contributed by atoms with Gasteiger partial charge in [-0.2, -0.15) is 0 Å². The van der Waals surface area contributed by atoms with Gasteiger partial charge in [0, 0.05) is 10.2 Å². The molecule has 1 atom stereocenters. The predicted molar refractivity (Wildman–Crippen MR) is 102 cm³/mol. The molecule has 2 aromatic rings. The number of halogens is 1. The van der Waals surface area contributed by atoms with Gasteiger partial charge in [0.15, 0.2) is 0 Å². The molecule has 0 aliphatic carbocycles. The SMILES string of the molecule is Cc1ccc(C2(C)NC(=O)N(CC(=O)Nc3ccc(Br)cc3)C2=O)cc1. The molecule has 1 fully saturated rings. The van der Waals surface area contributed by atoms with E-state index in [0.717, 1.165) is 14.9 Å². The molecule has 1 aliphatic rings. The van der Waals surface area contributed by atoms with E-state index in [1.807, 2.05) is 19.1 Å². The highest BCUT2D eigenvalue weighted by atomic mass is 79.9. The van der Waals surface area contributed by atoms with Crippen LogP contribution in [0, 0.1) is 6.92 Å². The maximum atomic E-state index is 12.8. The quantitative estimate of drug-likeness (QED) is 0.752. The van der Waals surface area contributed by atoms with Gasteiger partial charge in [-0.05, 0) is 43.7 Å². The molecule has 1 saturated heterocycles. The van der Waals surface area contributed by atoms with Gasteiger partial charge in [-0.25, -0.2) is 4.79 Å². The predicted octanol–water partition coefficient (Wildman–Crippen LogP) is 3.16. The second kappa shape index (κ2) is 6.92. The van der Waals surface area contributed by atoms with Crippen molar-refractivity contribution < 1.29 is 14.4 Å². The van der Waals surface area contributed by atoms with E-state index in [1.54, 1.807) is 43.3 Å². The monoisotopic (exact) mass is 415 g/mol. The highest BCUT2D eigenvalue weighted by molar-refractivity contribution is 9.10. The molecule has 0 aromatic heterocycles. The van der Waals surface area contributed by atoms with Gasteiger partial charge in [-0.15, -0.1) is 0 Å². The zero-order valence-corrected chi connectivity index (χ0v) is 16.0. The largest absolute Gasteiger partial charge is 0.325 e. The number of nitrogens with one attached hydrogen (secondary N) is 2. The molecular formula is C19H18BrN3O3. The summed E-state index contributed by atoms with van der Waals surface area (Å²) in [5.74, 6) is -0.888. The van der Waals surface area contributed by atoms with Gasteiger partial charge in [0.2, 0.25) is 5.91 Å². The average molecular weight is 416 g/mol. The Bertz CT molecular complexity index is 865. The van der Waals surface area contributed by atoms with Crippen LogP contribution < -0.4 is 10.6 Å². The summed E-state index contributed by atoms with van der Waals surface area (Å²) in [5, 5.41) is 5.37. The molecule has 0 spiro atoms. The standard InChI is InChI=1S/C19H18BrN3O3/c1-12-3-5-13(6-4-12)19(2)17(25)23(18(26)22-19)11-16(24)21-15-9-7-14(20)8-10-15/h3-10H,11H2,1-2H3,(H,21,24)(H,22,26). The van der Waals surface area contributed by atoms with E-state index in [4.69, 9.17) is 0 Å². The number of hydrogen-bond donors (Lipinski definition) is 2. The fraction of sp³-hybridized carbons (Fsp3) is 0.211. The third kappa shape index (κ3) is 3.48. The number of anilines is 1. The summed E-state index contributed by atoms with van der Waals surface area (Å²) in [5.41, 5.74) is 1.14. The number of benzene rings is 2. The van der Waals surface area contributed by atoms with Gasteiger partial charge in [-0.1, -0.05) is 45.8 Å². The fourth-order valence-electron chi connectivity index (χ4n) is 2.80. The minimum Gasteiger partial charge on any atom is -0.325 e. The number of urea groups is 1. The van der Waals surface area contributed by atoms with E-state index in [1.165, 1.54) is 0 Å². The van der Waals surface area contributed by atoms with Gasteiger partial charge in [0.1, 0.15) is 12.1 Å². The van der Waals surface area contributed by atoms with Crippen LogP contribution in [-0.4, -0.2) is 29.3 Å². The summed E-state index contributed by atoms with van der Waals surface area (Å²) >= 11 is 3.32. The van der Waals surface area contributed by atoms with E-state index in [0.29, 0.717) is 11.3 Å². The number of carbonyl (C=O) groups excluding carboxylic acids is 3. The maximum Gasteiger partial charge on any atom is 0.325 e. The summed E-state index contributed by atoms with van der Waals surface area (Å²) in [6.07, 6.45) is 0. The van der Waals surface area contributed by atoms with Crippen LogP contribution in [0.2, 0.25) is 0 Å². The molecule has 0 bridgehead atoms. The molecule has 4 amide bonds. The molecule has 7 heteroatoms. The van der Waals surface area contributed by atoms with Gasteiger partial charge in [0.25, 0.3) is 5.91 Å². The molecule has 1 heterocycles. The van der Waals surface area contributed by atoms with Crippen molar-refractivity contribution in [2.75, 3.05) is 11.9 Å². The number of amides is 4. The lowest BCUT2D eigenvalue weighted by Crippen LogP contribution is -2.42. The first kappa shape index (κ1) is 18.1. The van der Waals surface area contributed by atoms with Gasteiger partial charge >= 0.3 is 6.03 Å². The first-order valence-electron chi connectivity index (χ1n) is 8.06. The molecule has 3 rings (SSSR count). The Balaban J connectivity index is 1.73. The Labute approximate surface area is 159 Å². The van der Waals surface area contributed by atoms with E-state index >= 15 is 0 Å². The van der Waals surface area contributed by atoms with Crippen molar-refractivity contribution in [2.24, 2.45) is 0 Å². The molecule has 0 saturated carbocycles. The van der Waals surface area contributed by atoms with Gasteiger partial charge < -0.3 is 10.6 Å².